The Hall–Kier alpha value is -1.60. The Morgan fingerprint density at radius 1 is 1.33 bits per heavy atom. The van der Waals surface area contributed by atoms with Gasteiger partial charge in [-0.25, -0.2) is 8.42 Å². The summed E-state index contributed by atoms with van der Waals surface area (Å²) in [6.45, 7) is 5.17. The van der Waals surface area contributed by atoms with Gasteiger partial charge in [-0.3, -0.25) is 9.52 Å². The molecule has 0 aliphatic carbocycles. The molecule has 0 spiro atoms. The fourth-order valence-corrected chi connectivity index (χ4v) is 4.22. The number of piperidine rings is 1. The van der Waals surface area contributed by atoms with E-state index in [1.165, 1.54) is 0 Å². The number of nitrogens with two attached hydrogens (primary N) is 1. The number of rotatable bonds is 6. The van der Waals surface area contributed by atoms with E-state index in [0.29, 0.717) is 36.7 Å². The van der Waals surface area contributed by atoms with E-state index >= 15 is 0 Å². The van der Waals surface area contributed by atoms with Gasteiger partial charge in [0.15, 0.2) is 0 Å². The van der Waals surface area contributed by atoms with Crippen LogP contribution in [0.4, 0.5) is 5.69 Å². The number of carbonyl (C=O) groups excluding carboxylic acids is 1. The highest BCUT2D eigenvalue weighted by Crippen LogP contribution is 2.24. The van der Waals surface area contributed by atoms with Crippen molar-refractivity contribution in [2.24, 2.45) is 11.7 Å². The van der Waals surface area contributed by atoms with E-state index < -0.39 is 10.0 Å². The summed E-state index contributed by atoms with van der Waals surface area (Å²) in [5.41, 5.74) is 6.85. The summed E-state index contributed by atoms with van der Waals surface area (Å²) in [6, 6.07) is 6.66. The van der Waals surface area contributed by atoms with Gasteiger partial charge in [0.25, 0.3) is 5.91 Å². The number of anilines is 1. The molecule has 0 bridgehead atoms. The molecule has 7 heteroatoms. The first-order chi connectivity index (χ1) is 11.4. The maximum Gasteiger partial charge on any atom is 0.254 e. The minimum atomic E-state index is -3.32. The molecule has 0 radical (unpaired) electrons. The minimum Gasteiger partial charge on any atom is -0.334 e. The molecule has 24 heavy (non-hydrogen) atoms. The van der Waals surface area contributed by atoms with Gasteiger partial charge in [0.1, 0.15) is 0 Å². The number of nitrogens with one attached hydrogen (secondary N) is 1. The second-order valence-electron chi connectivity index (χ2n) is 6.52. The van der Waals surface area contributed by atoms with Gasteiger partial charge in [0.2, 0.25) is 10.0 Å². The maximum atomic E-state index is 12.7. The topological polar surface area (TPSA) is 92.5 Å². The maximum absolute atomic E-state index is 12.7. The fraction of sp³-hybridized carbons (Fsp3) is 0.588. The van der Waals surface area contributed by atoms with Crippen molar-refractivity contribution in [1.82, 2.24) is 4.90 Å². The van der Waals surface area contributed by atoms with Gasteiger partial charge in [-0.1, -0.05) is 13.8 Å². The van der Waals surface area contributed by atoms with Crippen molar-refractivity contribution in [3.8, 4) is 0 Å². The minimum absolute atomic E-state index is 0.0414. The summed E-state index contributed by atoms with van der Waals surface area (Å²) in [5.74, 6) is 0.621. The Bertz CT molecular complexity index is 658. The molecule has 1 heterocycles. The standard InChI is InChI=1S/C17H27N3O3S/c1-3-10-24(22,23)19-15-6-4-14(5-7-15)17(21)20-9-8-13(2)11-16(20)12-18/h4-7,13,16,19H,3,8-12,18H2,1-2H3. The van der Waals surface area contributed by atoms with Gasteiger partial charge in [-0.15, -0.1) is 0 Å². The summed E-state index contributed by atoms with van der Waals surface area (Å²) in [6.07, 6.45) is 2.47. The molecular formula is C17H27N3O3S. The van der Waals surface area contributed by atoms with E-state index in [-0.39, 0.29) is 17.7 Å². The fourth-order valence-electron chi connectivity index (χ4n) is 3.09. The number of likely N-dealkylation sites (tertiary alicyclic amines) is 1. The Balaban J connectivity index is 2.08. The SMILES string of the molecule is CCCS(=O)(=O)Nc1ccc(C(=O)N2CCC(C)CC2CN)cc1. The highest BCUT2D eigenvalue weighted by molar-refractivity contribution is 7.92. The van der Waals surface area contributed by atoms with E-state index in [9.17, 15) is 13.2 Å². The average Bonchev–Trinajstić information content (AvgIpc) is 2.54. The van der Waals surface area contributed by atoms with Crippen molar-refractivity contribution >= 4 is 21.6 Å². The number of hydrogen-bond donors (Lipinski definition) is 2. The zero-order chi connectivity index (χ0) is 17.7. The summed E-state index contributed by atoms with van der Waals surface area (Å²) in [4.78, 5) is 14.5. The lowest BCUT2D eigenvalue weighted by molar-refractivity contribution is 0.0573. The lowest BCUT2D eigenvalue weighted by atomic mass is 9.92. The van der Waals surface area contributed by atoms with Crippen molar-refractivity contribution in [3.63, 3.8) is 0 Å². The second kappa shape index (κ2) is 7.98. The Morgan fingerprint density at radius 2 is 2.00 bits per heavy atom. The number of hydrogen-bond acceptors (Lipinski definition) is 4. The van der Waals surface area contributed by atoms with Crippen LogP contribution >= 0.6 is 0 Å². The van der Waals surface area contributed by atoms with E-state index in [2.05, 4.69) is 11.6 Å². The third kappa shape index (κ3) is 4.70. The van der Waals surface area contributed by atoms with Gasteiger partial charge in [0.05, 0.1) is 5.75 Å². The Labute approximate surface area is 144 Å². The monoisotopic (exact) mass is 353 g/mol. The van der Waals surface area contributed by atoms with Crippen molar-refractivity contribution < 1.29 is 13.2 Å². The van der Waals surface area contributed by atoms with Crippen LogP contribution in [-0.4, -0.2) is 44.1 Å². The van der Waals surface area contributed by atoms with E-state index in [1.54, 1.807) is 24.3 Å². The van der Waals surface area contributed by atoms with Crippen LogP contribution in [-0.2, 0) is 10.0 Å². The van der Waals surface area contributed by atoms with Crippen molar-refractivity contribution in [2.75, 3.05) is 23.6 Å². The van der Waals surface area contributed by atoms with Crippen molar-refractivity contribution in [2.45, 2.75) is 39.2 Å². The summed E-state index contributed by atoms with van der Waals surface area (Å²) >= 11 is 0. The molecule has 1 amide bonds. The van der Waals surface area contributed by atoms with E-state index in [1.807, 2.05) is 11.8 Å². The largest absolute Gasteiger partial charge is 0.334 e. The summed E-state index contributed by atoms with van der Waals surface area (Å²) in [5, 5.41) is 0. The molecule has 2 unspecified atom stereocenters. The first-order valence-electron chi connectivity index (χ1n) is 8.48. The highest BCUT2D eigenvalue weighted by atomic mass is 32.2. The van der Waals surface area contributed by atoms with Gasteiger partial charge < -0.3 is 10.6 Å². The number of sulfonamides is 1. The molecule has 6 nitrogen and oxygen atoms in total. The molecular weight excluding hydrogens is 326 g/mol. The van der Waals surface area contributed by atoms with Crippen LogP contribution in [0.5, 0.6) is 0 Å². The van der Waals surface area contributed by atoms with E-state index in [4.69, 9.17) is 5.73 Å². The third-order valence-corrected chi connectivity index (χ3v) is 5.88. The van der Waals surface area contributed by atoms with Crippen LogP contribution in [0.3, 0.4) is 0 Å². The molecule has 0 saturated carbocycles. The lowest BCUT2D eigenvalue weighted by Gasteiger charge is -2.38. The number of carbonyl (C=O) groups is 1. The first kappa shape index (κ1) is 18.7. The number of nitrogens with zero attached hydrogens (tertiary/aromatic N) is 1. The quantitative estimate of drug-likeness (QED) is 0.818. The molecule has 1 aromatic rings. The Morgan fingerprint density at radius 3 is 2.58 bits per heavy atom. The Kier molecular flexibility index (Phi) is 6.23. The molecule has 2 rings (SSSR count). The van der Waals surface area contributed by atoms with Crippen LogP contribution in [0.1, 0.15) is 43.5 Å². The molecule has 0 aromatic heterocycles. The van der Waals surface area contributed by atoms with Gasteiger partial charge in [-0.05, 0) is 49.4 Å². The third-order valence-electron chi connectivity index (χ3n) is 4.39. The zero-order valence-electron chi connectivity index (χ0n) is 14.4. The predicted molar refractivity (Wildman–Crippen MR) is 96.4 cm³/mol. The molecule has 1 fully saturated rings. The number of benzene rings is 1. The molecule has 1 saturated heterocycles. The zero-order valence-corrected chi connectivity index (χ0v) is 15.2. The molecule has 1 aliphatic rings. The van der Waals surface area contributed by atoms with Crippen LogP contribution in [0, 0.1) is 5.92 Å². The van der Waals surface area contributed by atoms with E-state index in [0.717, 1.165) is 12.8 Å². The van der Waals surface area contributed by atoms with Crippen LogP contribution in [0.2, 0.25) is 0 Å². The van der Waals surface area contributed by atoms with Gasteiger partial charge >= 0.3 is 0 Å². The van der Waals surface area contributed by atoms with Crippen molar-refractivity contribution in [3.05, 3.63) is 29.8 Å². The predicted octanol–water partition coefficient (Wildman–Crippen LogP) is 2.04. The van der Waals surface area contributed by atoms with Crippen molar-refractivity contribution in [1.29, 1.82) is 0 Å². The lowest BCUT2D eigenvalue weighted by Crippen LogP contribution is -2.49. The van der Waals surface area contributed by atoms with Crippen LogP contribution in [0.15, 0.2) is 24.3 Å². The second-order valence-corrected chi connectivity index (χ2v) is 8.36. The van der Waals surface area contributed by atoms with Crippen LogP contribution in [0.25, 0.3) is 0 Å². The molecule has 1 aliphatic heterocycles. The highest BCUT2D eigenvalue weighted by Gasteiger charge is 2.29. The van der Waals surface area contributed by atoms with Gasteiger partial charge in [0, 0.05) is 30.4 Å². The summed E-state index contributed by atoms with van der Waals surface area (Å²) < 4.78 is 26.1. The number of amides is 1. The molecule has 2 atom stereocenters. The molecule has 134 valence electrons. The van der Waals surface area contributed by atoms with Crippen LogP contribution < -0.4 is 10.5 Å². The van der Waals surface area contributed by atoms with Gasteiger partial charge in [-0.2, -0.15) is 0 Å². The summed E-state index contributed by atoms with van der Waals surface area (Å²) in [7, 11) is -3.32. The first-order valence-corrected chi connectivity index (χ1v) is 10.1. The average molecular weight is 353 g/mol. The molecule has 3 N–H and O–H groups in total. The smallest absolute Gasteiger partial charge is 0.254 e. The molecule has 1 aromatic carbocycles. The normalized spacial score (nSPS) is 21.5.